The first-order chi connectivity index (χ1) is 11.5. The third kappa shape index (κ3) is 4.20. The summed E-state index contributed by atoms with van der Waals surface area (Å²) in [6, 6.07) is 5.03. The smallest absolute Gasteiger partial charge is 0.364 e. The number of hydrogen-bond acceptors (Lipinski definition) is 8. The molecule has 0 bridgehead atoms. The molecule has 8 nitrogen and oxygen atoms in total. The lowest BCUT2D eigenvalue weighted by Crippen LogP contribution is -2.33. The molecule has 0 fully saturated rings. The minimum Gasteiger partial charge on any atom is -0.464 e. The fourth-order valence-electron chi connectivity index (χ4n) is 2.18. The highest BCUT2D eigenvalue weighted by atomic mass is 31.2. The van der Waals surface area contributed by atoms with Crippen LogP contribution in [0.15, 0.2) is 18.2 Å². The highest BCUT2D eigenvalue weighted by Crippen LogP contribution is 2.53. The van der Waals surface area contributed by atoms with Crippen LogP contribution in [0.2, 0.25) is 0 Å². The summed E-state index contributed by atoms with van der Waals surface area (Å²) in [6.45, 7) is 5.57. The summed E-state index contributed by atoms with van der Waals surface area (Å²) in [7, 11) is -3.76. The zero-order chi connectivity index (χ0) is 17.6. The number of nitrogens with one attached hydrogen (secondary N) is 1. The van der Waals surface area contributed by atoms with Gasteiger partial charge in [0.1, 0.15) is 0 Å². The average molecular weight is 359 g/mol. The fourth-order valence-corrected chi connectivity index (χ4v) is 3.91. The molecule has 1 aromatic carbocycles. The molecule has 2 rings (SSSR count). The van der Waals surface area contributed by atoms with Gasteiger partial charge < -0.3 is 28.6 Å². The molecule has 1 aliphatic heterocycles. The number of fused-ring (bicyclic) bond motifs is 1. The number of hydrogen-bond donors (Lipinski definition) is 1. The van der Waals surface area contributed by atoms with Crippen molar-refractivity contribution in [2.75, 3.05) is 31.9 Å². The number of benzene rings is 1. The lowest BCUT2D eigenvalue weighted by atomic mass is 10.3. The maximum atomic E-state index is 13.0. The molecule has 1 unspecified atom stereocenters. The lowest BCUT2D eigenvalue weighted by Gasteiger charge is -2.26. The Labute approximate surface area is 140 Å². The summed E-state index contributed by atoms with van der Waals surface area (Å²) in [4.78, 5) is 12.3. The first-order valence-electron chi connectivity index (χ1n) is 7.75. The van der Waals surface area contributed by atoms with Gasteiger partial charge in [-0.2, -0.15) is 0 Å². The topological polar surface area (TPSA) is 92.3 Å². The maximum absolute atomic E-state index is 13.0. The highest BCUT2D eigenvalue weighted by molar-refractivity contribution is 7.55. The van der Waals surface area contributed by atoms with Crippen LogP contribution in [0.4, 0.5) is 5.69 Å². The van der Waals surface area contributed by atoms with Gasteiger partial charge in [0.15, 0.2) is 11.5 Å². The number of carbonyl (C=O) groups excluding carboxylic acids is 1. The minimum absolute atomic E-state index is 0.135. The molecule has 134 valence electrons. The monoisotopic (exact) mass is 359 g/mol. The Morgan fingerprint density at radius 3 is 2.46 bits per heavy atom. The third-order valence-corrected chi connectivity index (χ3v) is 5.33. The fraction of sp³-hybridized carbons (Fsp3) is 0.533. The molecule has 1 aliphatic rings. The van der Waals surface area contributed by atoms with Crippen molar-refractivity contribution in [1.29, 1.82) is 0 Å². The van der Waals surface area contributed by atoms with E-state index in [9.17, 15) is 9.36 Å². The van der Waals surface area contributed by atoms with Gasteiger partial charge in [-0.05, 0) is 32.9 Å². The first-order valence-corrected chi connectivity index (χ1v) is 9.36. The van der Waals surface area contributed by atoms with Gasteiger partial charge in [-0.1, -0.05) is 0 Å². The number of rotatable bonds is 9. The van der Waals surface area contributed by atoms with Crippen LogP contribution in [0.25, 0.3) is 0 Å². The van der Waals surface area contributed by atoms with E-state index in [-0.39, 0.29) is 26.6 Å². The van der Waals surface area contributed by atoms with Crippen molar-refractivity contribution in [2.45, 2.75) is 26.6 Å². The molecule has 9 heteroatoms. The summed E-state index contributed by atoms with van der Waals surface area (Å²) in [5, 5.41) is 2.88. The van der Waals surface area contributed by atoms with Crippen LogP contribution in [0.5, 0.6) is 11.5 Å². The van der Waals surface area contributed by atoms with Crippen LogP contribution in [0.3, 0.4) is 0 Å². The molecule has 0 aliphatic carbocycles. The van der Waals surface area contributed by atoms with Crippen molar-refractivity contribution in [1.82, 2.24) is 0 Å². The molecule has 24 heavy (non-hydrogen) atoms. The predicted octanol–water partition coefficient (Wildman–Crippen LogP) is 2.98. The lowest BCUT2D eigenvalue weighted by molar-refractivity contribution is -0.142. The zero-order valence-corrected chi connectivity index (χ0v) is 14.8. The highest BCUT2D eigenvalue weighted by Gasteiger charge is 2.42. The van der Waals surface area contributed by atoms with Gasteiger partial charge in [-0.15, -0.1) is 0 Å². The standard InChI is InChI=1S/C15H22NO7P/c1-4-19-15(17)14(24(18,22-5-2)23-6-3)16-11-7-8-12-13(9-11)21-10-20-12/h7-9,14,16H,4-6,10H2,1-3H3. The molecule has 0 spiro atoms. The normalized spacial score (nSPS) is 14.3. The van der Waals surface area contributed by atoms with E-state index in [4.69, 9.17) is 23.3 Å². The van der Waals surface area contributed by atoms with Crippen LogP contribution >= 0.6 is 7.60 Å². The van der Waals surface area contributed by atoms with Gasteiger partial charge in [-0.25, -0.2) is 4.79 Å². The Morgan fingerprint density at radius 1 is 1.17 bits per heavy atom. The summed E-state index contributed by atoms with van der Waals surface area (Å²) in [5.74, 6) is -0.852. The minimum atomic E-state index is -3.76. The van der Waals surface area contributed by atoms with E-state index in [1.165, 1.54) is 0 Å². The van der Waals surface area contributed by atoms with Crippen molar-refractivity contribution in [3.63, 3.8) is 0 Å². The predicted molar refractivity (Wildman–Crippen MR) is 87.5 cm³/mol. The first kappa shape index (κ1) is 18.6. The van der Waals surface area contributed by atoms with Gasteiger partial charge in [-0.3, -0.25) is 4.57 Å². The Morgan fingerprint density at radius 2 is 1.83 bits per heavy atom. The molecular weight excluding hydrogens is 337 g/mol. The molecule has 0 saturated heterocycles. The molecule has 0 saturated carbocycles. The van der Waals surface area contributed by atoms with Crippen molar-refractivity contribution in [3.8, 4) is 11.5 Å². The average Bonchev–Trinajstić information content (AvgIpc) is 3.00. The second-order valence-corrected chi connectivity index (χ2v) is 6.85. The zero-order valence-electron chi connectivity index (χ0n) is 13.9. The SMILES string of the molecule is CCOC(=O)C(Nc1ccc2c(c1)OCO2)P(=O)(OCC)OCC. The maximum Gasteiger partial charge on any atom is 0.364 e. The Balaban J connectivity index is 2.28. The van der Waals surface area contributed by atoms with Crippen LogP contribution < -0.4 is 14.8 Å². The molecule has 0 aromatic heterocycles. The van der Waals surface area contributed by atoms with E-state index in [2.05, 4.69) is 5.32 Å². The largest absolute Gasteiger partial charge is 0.464 e. The summed E-state index contributed by atoms with van der Waals surface area (Å²) in [6.07, 6.45) is 0. The van der Waals surface area contributed by atoms with E-state index in [0.29, 0.717) is 17.2 Å². The Bertz CT molecular complexity index is 612. The number of ether oxygens (including phenoxy) is 3. The van der Waals surface area contributed by atoms with E-state index in [0.717, 1.165) is 0 Å². The van der Waals surface area contributed by atoms with Gasteiger partial charge in [0.2, 0.25) is 12.6 Å². The van der Waals surface area contributed by atoms with Crippen LogP contribution in [-0.2, 0) is 23.1 Å². The van der Waals surface area contributed by atoms with E-state index >= 15 is 0 Å². The Kier molecular flexibility index (Phi) is 6.48. The molecule has 1 heterocycles. The van der Waals surface area contributed by atoms with Crippen molar-refractivity contribution in [2.24, 2.45) is 0 Å². The van der Waals surface area contributed by atoms with Crippen LogP contribution in [-0.4, -0.2) is 38.4 Å². The summed E-state index contributed by atoms with van der Waals surface area (Å²) >= 11 is 0. The third-order valence-electron chi connectivity index (χ3n) is 3.12. The van der Waals surface area contributed by atoms with E-state index < -0.39 is 19.3 Å². The van der Waals surface area contributed by atoms with Gasteiger partial charge in [0.05, 0.1) is 19.8 Å². The van der Waals surface area contributed by atoms with Crippen LogP contribution in [0.1, 0.15) is 20.8 Å². The molecule has 1 aromatic rings. The van der Waals surface area contributed by atoms with Gasteiger partial charge >= 0.3 is 13.6 Å². The quantitative estimate of drug-likeness (QED) is 0.531. The van der Waals surface area contributed by atoms with Crippen LogP contribution in [0, 0.1) is 0 Å². The molecule has 0 amide bonds. The Hall–Kier alpha value is -1.76. The summed E-state index contributed by atoms with van der Waals surface area (Å²) in [5.41, 5.74) is 0.511. The van der Waals surface area contributed by atoms with Crippen molar-refractivity contribution >= 4 is 19.3 Å². The molecular formula is C15H22NO7P. The second-order valence-electron chi connectivity index (χ2n) is 4.74. The molecule has 1 N–H and O–H groups in total. The number of esters is 1. The second kappa shape index (κ2) is 8.37. The number of anilines is 1. The number of carbonyl (C=O) groups is 1. The van der Waals surface area contributed by atoms with Gasteiger partial charge in [0.25, 0.3) is 0 Å². The van der Waals surface area contributed by atoms with Gasteiger partial charge in [0, 0.05) is 11.8 Å². The van der Waals surface area contributed by atoms with E-state index in [1.54, 1.807) is 39.0 Å². The molecule has 0 radical (unpaired) electrons. The van der Waals surface area contributed by atoms with Crippen molar-refractivity contribution < 1.29 is 32.6 Å². The van der Waals surface area contributed by atoms with E-state index in [1.807, 2.05) is 0 Å². The molecule has 1 atom stereocenters. The van der Waals surface area contributed by atoms with Crippen molar-refractivity contribution in [3.05, 3.63) is 18.2 Å². The summed E-state index contributed by atoms with van der Waals surface area (Å²) < 4.78 is 39.1.